The number of nitrogens with zero attached hydrogens (tertiary/aromatic N) is 3. The predicted octanol–water partition coefficient (Wildman–Crippen LogP) is 1.36. The van der Waals surface area contributed by atoms with E-state index in [-0.39, 0.29) is 5.56 Å². The number of hydrogen-bond acceptors (Lipinski definition) is 4. The van der Waals surface area contributed by atoms with Gasteiger partial charge >= 0.3 is 0 Å². The monoisotopic (exact) mass is 297 g/mol. The van der Waals surface area contributed by atoms with Gasteiger partial charge in [-0.25, -0.2) is 4.68 Å². The molecule has 0 amide bonds. The maximum Gasteiger partial charge on any atom is 0.283 e. The summed E-state index contributed by atoms with van der Waals surface area (Å²) < 4.78 is 1.89. The van der Waals surface area contributed by atoms with E-state index >= 15 is 0 Å². The van der Waals surface area contributed by atoms with E-state index < -0.39 is 0 Å². The standard InChI is InChI=1S/C10H12BrN5O/c1-2-16-10(17)9(11)8(6-14-16)12-5-7-3-4-13-15-7/h3-4,6,12H,2,5H2,1H3,(H,13,15). The highest BCUT2D eigenvalue weighted by Crippen LogP contribution is 2.16. The molecule has 0 atom stereocenters. The Bertz CT molecular complexity index is 548. The molecular formula is C10H12BrN5O. The summed E-state index contributed by atoms with van der Waals surface area (Å²) in [5.41, 5.74) is 1.48. The summed E-state index contributed by atoms with van der Waals surface area (Å²) >= 11 is 3.27. The van der Waals surface area contributed by atoms with Crippen molar-refractivity contribution in [1.29, 1.82) is 0 Å². The van der Waals surface area contributed by atoms with Gasteiger partial charge in [0.15, 0.2) is 0 Å². The molecule has 0 fully saturated rings. The van der Waals surface area contributed by atoms with Crippen LogP contribution in [0.5, 0.6) is 0 Å². The van der Waals surface area contributed by atoms with Crippen LogP contribution in [0.15, 0.2) is 27.7 Å². The average Bonchev–Trinajstić information content (AvgIpc) is 2.84. The zero-order valence-corrected chi connectivity index (χ0v) is 10.9. The van der Waals surface area contributed by atoms with E-state index in [0.29, 0.717) is 23.2 Å². The Hall–Kier alpha value is -1.63. The van der Waals surface area contributed by atoms with Crippen LogP contribution in [-0.4, -0.2) is 20.0 Å². The Morgan fingerprint density at radius 1 is 1.59 bits per heavy atom. The number of anilines is 1. The number of halogens is 1. The molecule has 0 aliphatic heterocycles. The number of rotatable bonds is 4. The molecule has 7 heteroatoms. The summed E-state index contributed by atoms with van der Waals surface area (Å²) in [5, 5.41) is 13.8. The molecular weight excluding hydrogens is 286 g/mol. The lowest BCUT2D eigenvalue weighted by Gasteiger charge is -2.08. The summed E-state index contributed by atoms with van der Waals surface area (Å²) in [4.78, 5) is 11.8. The van der Waals surface area contributed by atoms with Crippen LogP contribution in [0.25, 0.3) is 0 Å². The fraction of sp³-hybridized carbons (Fsp3) is 0.300. The van der Waals surface area contributed by atoms with E-state index in [4.69, 9.17) is 0 Å². The molecule has 6 nitrogen and oxygen atoms in total. The van der Waals surface area contributed by atoms with Gasteiger partial charge in [-0.15, -0.1) is 0 Å². The fourth-order valence-corrected chi connectivity index (χ4v) is 1.83. The van der Waals surface area contributed by atoms with Crippen molar-refractivity contribution in [1.82, 2.24) is 20.0 Å². The molecule has 2 aromatic heterocycles. The van der Waals surface area contributed by atoms with Gasteiger partial charge in [0.05, 0.1) is 24.1 Å². The zero-order chi connectivity index (χ0) is 12.3. The predicted molar refractivity (Wildman–Crippen MR) is 67.8 cm³/mol. The molecule has 90 valence electrons. The van der Waals surface area contributed by atoms with Crippen molar-refractivity contribution < 1.29 is 0 Å². The molecule has 0 spiro atoms. The van der Waals surface area contributed by atoms with Gasteiger partial charge in [0, 0.05) is 12.7 Å². The van der Waals surface area contributed by atoms with Crippen molar-refractivity contribution in [2.45, 2.75) is 20.0 Å². The molecule has 0 saturated carbocycles. The van der Waals surface area contributed by atoms with E-state index in [1.165, 1.54) is 4.68 Å². The first-order valence-electron chi connectivity index (χ1n) is 5.20. The van der Waals surface area contributed by atoms with Gasteiger partial charge in [-0.2, -0.15) is 10.2 Å². The zero-order valence-electron chi connectivity index (χ0n) is 9.27. The van der Waals surface area contributed by atoms with E-state index in [1.807, 2.05) is 13.0 Å². The van der Waals surface area contributed by atoms with Crippen LogP contribution in [-0.2, 0) is 13.1 Å². The number of H-pyrrole nitrogens is 1. The van der Waals surface area contributed by atoms with Gasteiger partial charge in [0.1, 0.15) is 4.47 Å². The van der Waals surface area contributed by atoms with Crippen molar-refractivity contribution in [3.8, 4) is 0 Å². The third-order valence-corrected chi connectivity index (χ3v) is 3.08. The quantitative estimate of drug-likeness (QED) is 0.893. The smallest absolute Gasteiger partial charge is 0.283 e. The summed E-state index contributed by atoms with van der Waals surface area (Å²) in [5.74, 6) is 0. The van der Waals surface area contributed by atoms with Crippen LogP contribution >= 0.6 is 15.9 Å². The highest BCUT2D eigenvalue weighted by molar-refractivity contribution is 9.10. The summed E-state index contributed by atoms with van der Waals surface area (Å²) in [6.07, 6.45) is 3.31. The van der Waals surface area contributed by atoms with Gasteiger partial charge in [-0.3, -0.25) is 9.89 Å². The third-order valence-electron chi connectivity index (χ3n) is 2.31. The van der Waals surface area contributed by atoms with Gasteiger partial charge < -0.3 is 5.32 Å². The van der Waals surface area contributed by atoms with Crippen LogP contribution in [0, 0.1) is 0 Å². The molecule has 0 aliphatic carbocycles. The van der Waals surface area contributed by atoms with E-state index in [0.717, 1.165) is 5.69 Å². The second kappa shape index (κ2) is 5.13. The molecule has 2 N–H and O–H groups in total. The summed E-state index contributed by atoms with van der Waals surface area (Å²) in [7, 11) is 0. The second-order valence-electron chi connectivity index (χ2n) is 3.43. The minimum absolute atomic E-state index is 0.137. The minimum Gasteiger partial charge on any atom is -0.377 e. The third kappa shape index (κ3) is 2.55. The Morgan fingerprint density at radius 3 is 3.06 bits per heavy atom. The Labute approximate surface area is 106 Å². The Balaban J connectivity index is 2.17. The average molecular weight is 298 g/mol. The lowest BCUT2D eigenvalue weighted by atomic mass is 10.4. The molecule has 0 aromatic carbocycles. The van der Waals surface area contributed by atoms with Gasteiger partial charge in [-0.1, -0.05) is 0 Å². The number of nitrogens with one attached hydrogen (secondary N) is 2. The first kappa shape index (κ1) is 11.8. The van der Waals surface area contributed by atoms with Gasteiger partial charge in [0.2, 0.25) is 0 Å². The highest BCUT2D eigenvalue weighted by Gasteiger charge is 2.07. The Morgan fingerprint density at radius 2 is 2.41 bits per heavy atom. The second-order valence-corrected chi connectivity index (χ2v) is 4.22. The van der Waals surface area contributed by atoms with Crippen molar-refractivity contribution >= 4 is 21.6 Å². The Kier molecular flexibility index (Phi) is 3.58. The normalized spacial score (nSPS) is 10.5. The lowest BCUT2D eigenvalue weighted by molar-refractivity contribution is 0.613. The van der Waals surface area contributed by atoms with Crippen molar-refractivity contribution in [2.24, 2.45) is 0 Å². The number of aryl methyl sites for hydroxylation is 1. The van der Waals surface area contributed by atoms with Crippen LogP contribution in [0.2, 0.25) is 0 Å². The summed E-state index contributed by atoms with van der Waals surface area (Å²) in [6, 6.07) is 1.86. The van der Waals surface area contributed by atoms with Gasteiger partial charge in [0.25, 0.3) is 5.56 Å². The van der Waals surface area contributed by atoms with Crippen LogP contribution in [0.1, 0.15) is 12.6 Å². The van der Waals surface area contributed by atoms with Crippen LogP contribution < -0.4 is 10.9 Å². The molecule has 0 radical (unpaired) electrons. The molecule has 2 heterocycles. The molecule has 2 aromatic rings. The first-order valence-corrected chi connectivity index (χ1v) is 5.99. The molecule has 0 unspecified atom stereocenters. The summed E-state index contributed by atoms with van der Waals surface area (Å²) in [6.45, 7) is 2.99. The largest absolute Gasteiger partial charge is 0.377 e. The molecule has 0 saturated heterocycles. The first-order chi connectivity index (χ1) is 8.22. The molecule has 0 aliphatic rings. The van der Waals surface area contributed by atoms with E-state index in [9.17, 15) is 4.79 Å². The van der Waals surface area contributed by atoms with E-state index in [2.05, 4.69) is 36.5 Å². The van der Waals surface area contributed by atoms with Crippen LogP contribution in [0.4, 0.5) is 5.69 Å². The number of aromatic nitrogens is 4. The SMILES string of the molecule is CCn1ncc(NCc2ccn[nH]2)c(Br)c1=O. The number of hydrogen-bond donors (Lipinski definition) is 2. The maximum absolute atomic E-state index is 11.8. The van der Waals surface area contributed by atoms with E-state index in [1.54, 1.807) is 12.4 Å². The van der Waals surface area contributed by atoms with Gasteiger partial charge in [-0.05, 0) is 28.9 Å². The lowest BCUT2D eigenvalue weighted by Crippen LogP contribution is -2.23. The molecule has 0 bridgehead atoms. The minimum atomic E-state index is -0.137. The number of aromatic amines is 1. The molecule has 17 heavy (non-hydrogen) atoms. The maximum atomic E-state index is 11.8. The highest BCUT2D eigenvalue weighted by atomic mass is 79.9. The van der Waals surface area contributed by atoms with Crippen LogP contribution in [0.3, 0.4) is 0 Å². The fourth-order valence-electron chi connectivity index (χ4n) is 1.39. The van der Waals surface area contributed by atoms with Crippen molar-refractivity contribution in [3.05, 3.63) is 39.0 Å². The van der Waals surface area contributed by atoms with Crippen molar-refractivity contribution in [3.63, 3.8) is 0 Å². The van der Waals surface area contributed by atoms with Crippen molar-refractivity contribution in [2.75, 3.05) is 5.32 Å². The molecule has 2 rings (SSSR count). The topological polar surface area (TPSA) is 75.6 Å².